The van der Waals surface area contributed by atoms with Crippen molar-refractivity contribution in [1.29, 1.82) is 0 Å². The first-order valence-corrected chi connectivity index (χ1v) is 5.12. The maximum absolute atomic E-state index is 11.8. The molecule has 2 aromatic heterocycles. The average molecular weight is 250 g/mol. The summed E-state index contributed by atoms with van der Waals surface area (Å²) in [7, 11) is 0. The van der Waals surface area contributed by atoms with E-state index in [0.717, 1.165) is 6.20 Å². The van der Waals surface area contributed by atoms with E-state index in [0.29, 0.717) is 11.4 Å². The zero-order valence-electron chi connectivity index (χ0n) is 9.78. The molecule has 0 fully saturated rings. The molecule has 2 heterocycles. The van der Waals surface area contributed by atoms with Gasteiger partial charge in [-0.25, -0.2) is 0 Å². The lowest BCUT2D eigenvalue weighted by atomic mass is 10.3. The van der Waals surface area contributed by atoms with Crippen LogP contribution in [0.1, 0.15) is 17.3 Å². The lowest BCUT2D eigenvalue weighted by Crippen LogP contribution is -2.22. The van der Waals surface area contributed by atoms with Gasteiger partial charge in [0.1, 0.15) is 6.54 Å². The molecule has 0 spiro atoms. The van der Waals surface area contributed by atoms with Gasteiger partial charge in [-0.15, -0.1) is 0 Å². The van der Waals surface area contributed by atoms with E-state index in [9.17, 15) is 14.9 Å². The van der Waals surface area contributed by atoms with Gasteiger partial charge >= 0.3 is 0 Å². The largest absolute Gasteiger partial charge is 0.337 e. The molecule has 0 aliphatic rings. The van der Waals surface area contributed by atoms with Crippen molar-refractivity contribution in [2.75, 3.05) is 0 Å². The van der Waals surface area contributed by atoms with Gasteiger partial charge in [-0.2, -0.15) is 4.98 Å². The van der Waals surface area contributed by atoms with E-state index in [-0.39, 0.29) is 23.7 Å². The molecule has 8 heteroatoms. The molecule has 0 atom stereocenters. The summed E-state index contributed by atoms with van der Waals surface area (Å²) in [5.74, 6) is 0.676. The normalized spacial score (nSPS) is 10.6. The van der Waals surface area contributed by atoms with Crippen molar-refractivity contribution in [2.24, 2.45) is 0 Å². The number of aryl methyl sites for hydroxylation is 2. The van der Waals surface area contributed by atoms with Gasteiger partial charge in [-0.3, -0.25) is 19.5 Å². The summed E-state index contributed by atoms with van der Waals surface area (Å²) in [6.45, 7) is 3.18. The average Bonchev–Trinajstić information content (AvgIpc) is 2.70. The minimum Gasteiger partial charge on any atom is -0.337 e. The third-order valence-electron chi connectivity index (χ3n) is 2.34. The molecule has 0 radical (unpaired) electrons. The maximum atomic E-state index is 11.8. The third kappa shape index (κ3) is 2.26. The van der Waals surface area contributed by atoms with Crippen LogP contribution >= 0.6 is 0 Å². The molecule has 0 amide bonds. The monoisotopic (exact) mass is 250 g/mol. The Labute approximate surface area is 101 Å². The number of pyridine rings is 1. The van der Waals surface area contributed by atoms with E-state index < -0.39 is 4.92 Å². The summed E-state index contributed by atoms with van der Waals surface area (Å²) < 4.78 is 6.05. The second-order valence-corrected chi connectivity index (χ2v) is 3.81. The Bertz CT molecular complexity index is 658. The standard InChI is InChI=1S/C10H10N4O4/c1-6-3-8(14(16)17)4-13(10(6)15)5-9-11-7(2)12-18-9/h3-4H,5H2,1-2H3. The summed E-state index contributed by atoms with van der Waals surface area (Å²) in [4.78, 5) is 25.9. The molecule has 0 saturated heterocycles. The van der Waals surface area contributed by atoms with Crippen molar-refractivity contribution in [2.45, 2.75) is 20.4 Å². The fourth-order valence-corrected chi connectivity index (χ4v) is 1.53. The number of rotatable bonds is 3. The zero-order valence-corrected chi connectivity index (χ0v) is 9.78. The Morgan fingerprint density at radius 1 is 1.50 bits per heavy atom. The van der Waals surface area contributed by atoms with Crippen molar-refractivity contribution in [3.8, 4) is 0 Å². The molecule has 0 aliphatic heterocycles. The first-order valence-electron chi connectivity index (χ1n) is 5.12. The highest BCUT2D eigenvalue weighted by atomic mass is 16.6. The van der Waals surface area contributed by atoms with Crippen molar-refractivity contribution >= 4 is 5.69 Å². The first-order chi connectivity index (χ1) is 8.47. The second kappa shape index (κ2) is 4.40. The fraction of sp³-hybridized carbons (Fsp3) is 0.300. The Balaban J connectivity index is 2.43. The molecule has 0 aromatic carbocycles. The summed E-state index contributed by atoms with van der Waals surface area (Å²) in [6.07, 6.45) is 1.16. The van der Waals surface area contributed by atoms with Gasteiger partial charge in [-0.1, -0.05) is 5.16 Å². The Morgan fingerprint density at radius 3 is 2.78 bits per heavy atom. The molecule has 94 valence electrons. The first kappa shape index (κ1) is 12.0. The van der Waals surface area contributed by atoms with E-state index in [1.54, 1.807) is 6.92 Å². The molecular formula is C10H10N4O4. The van der Waals surface area contributed by atoms with Crippen LogP contribution in [0.15, 0.2) is 21.6 Å². The smallest absolute Gasteiger partial charge is 0.286 e. The molecule has 0 N–H and O–H groups in total. The van der Waals surface area contributed by atoms with E-state index >= 15 is 0 Å². The lowest BCUT2D eigenvalue weighted by Gasteiger charge is -2.03. The third-order valence-corrected chi connectivity index (χ3v) is 2.34. The molecule has 2 aromatic rings. The van der Waals surface area contributed by atoms with Crippen LogP contribution in [0, 0.1) is 24.0 Å². The zero-order chi connectivity index (χ0) is 13.3. The molecule has 8 nitrogen and oxygen atoms in total. The van der Waals surface area contributed by atoms with Gasteiger partial charge in [-0.05, 0) is 13.8 Å². The van der Waals surface area contributed by atoms with Crippen molar-refractivity contribution in [1.82, 2.24) is 14.7 Å². The number of aromatic nitrogens is 3. The van der Waals surface area contributed by atoms with Crippen LogP contribution in [0.3, 0.4) is 0 Å². The molecule has 0 bridgehead atoms. The maximum Gasteiger partial charge on any atom is 0.286 e. The van der Waals surface area contributed by atoms with Gasteiger partial charge in [0.2, 0.25) is 5.89 Å². The highest BCUT2D eigenvalue weighted by Gasteiger charge is 2.13. The molecule has 2 rings (SSSR count). The van der Waals surface area contributed by atoms with E-state index in [4.69, 9.17) is 4.52 Å². The van der Waals surface area contributed by atoms with E-state index in [2.05, 4.69) is 10.1 Å². The lowest BCUT2D eigenvalue weighted by molar-refractivity contribution is -0.385. The summed E-state index contributed by atoms with van der Waals surface area (Å²) in [5.41, 5.74) is -0.180. The number of nitro groups is 1. The van der Waals surface area contributed by atoms with Gasteiger partial charge in [0.25, 0.3) is 11.2 Å². The number of nitrogens with zero attached hydrogens (tertiary/aromatic N) is 4. The summed E-state index contributed by atoms with van der Waals surface area (Å²) in [5, 5.41) is 14.3. The Morgan fingerprint density at radius 2 is 2.22 bits per heavy atom. The van der Waals surface area contributed by atoms with Crippen LogP contribution in [0.5, 0.6) is 0 Å². The van der Waals surface area contributed by atoms with E-state index in [1.807, 2.05) is 0 Å². The van der Waals surface area contributed by atoms with Crippen LogP contribution in [-0.2, 0) is 6.54 Å². The van der Waals surface area contributed by atoms with E-state index in [1.165, 1.54) is 17.6 Å². The van der Waals surface area contributed by atoms with Gasteiger partial charge < -0.3 is 4.52 Å². The van der Waals surface area contributed by atoms with Crippen molar-refractivity contribution < 1.29 is 9.45 Å². The van der Waals surface area contributed by atoms with Crippen LogP contribution in [-0.4, -0.2) is 19.6 Å². The fourth-order valence-electron chi connectivity index (χ4n) is 1.53. The second-order valence-electron chi connectivity index (χ2n) is 3.81. The Hall–Kier alpha value is -2.51. The van der Waals surface area contributed by atoms with Gasteiger partial charge in [0.15, 0.2) is 5.82 Å². The number of hydrogen-bond acceptors (Lipinski definition) is 6. The van der Waals surface area contributed by atoms with Crippen molar-refractivity contribution in [3.05, 3.63) is 50.0 Å². The summed E-state index contributed by atoms with van der Waals surface area (Å²) >= 11 is 0. The number of hydrogen-bond donors (Lipinski definition) is 0. The van der Waals surface area contributed by atoms with Crippen LogP contribution in [0.2, 0.25) is 0 Å². The van der Waals surface area contributed by atoms with Gasteiger partial charge in [0, 0.05) is 11.6 Å². The van der Waals surface area contributed by atoms with Crippen LogP contribution in [0.4, 0.5) is 5.69 Å². The predicted molar refractivity (Wildman–Crippen MR) is 60.2 cm³/mol. The molecule has 0 aliphatic carbocycles. The molecular weight excluding hydrogens is 240 g/mol. The Kier molecular flexibility index (Phi) is 2.92. The van der Waals surface area contributed by atoms with Crippen molar-refractivity contribution in [3.63, 3.8) is 0 Å². The molecule has 18 heavy (non-hydrogen) atoms. The minimum atomic E-state index is -0.554. The van der Waals surface area contributed by atoms with Gasteiger partial charge in [0.05, 0.1) is 11.1 Å². The highest BCUT2D eigenvalue weighted by Crippen LogP contribution is 2.10. The summed E-state index contributed by atoms with van der Waals surface area (Å²) in [6, 6.07) is 1.23. The minimum absolute atomic E-state index is 0.0161. The van der Waals surface area contributed by atoms with Crippen LogP contribution in [0.25, 0.3) is 0 Å². The highest BCUT2D eigenvalue weighted by molar-refractivity contribution is 5.30. The SMILES string of the molecule is Cc1noc(Cn2cc([N+](=O)[O-])cc(C)c2=O)n1. The topological polar surface area (TPSA) is 104 Å². The van der Waals surface area contributed by atoms with Crippen LogP contribution < -0.4 is 5.56 Å². The molecule has 0 unspecified atom stereocenters. The molecule has 0 saturated carbocycles. The quantitative estimate of drug-likeness (QED) is 0.589. The predicted octanol–water partition coefficient (Wildman–Crippen LogP) is 0.805.